The molecule has 0 N–H and O–H groups in total. The zero-order valence-corrected chi connectivity index (χ0v) is 14.9. The molecule has 3 heteroatoms. The van der Waals surface area contributed by atoms with Crippen molar-refractivity contribution in [3.63, 3.8) is 0 Å². The molecule has 0 aliphatic carbocycles. The molecule has 0 fully saturated rings. The summed E-state index contributed by atoms with van der Waals surface area (Å²) in [6.45, 7) is 2.16. The third-order valence-electron chi connectivity index (χ3n) is 2.39. The number of hydrogen-bond donors (Lipinski definition) is 0. The highest BCUT2D eigenvalue weighted by Crippen LogP contribution is 2.12. The number of rotatable bonds is 2. The summed E-state index contributed by atoms with van der Waals surface area (Å²) in [5.74, 6) is 0. The van der Waals surface area contributed by atoms with Gasteiger partial charge in [0.15, 0.2) is 0 Å². The van der Waals surface area contributed by atoms with Gasteiger partial charge >= 0.3 is 0 Å². The zero-order chi connectivity index (χ0) is 13.4. The SMILES string of the molecule is BrCc1ccc(Br)cc1.CCc1ccc(Br)cc1. The second-order valence-corrected chi connectivity index (χ2v) is 6.13. The normalized spacial score (nSPS) is 9.56. The van der Waals surface area contributed by atoms with E-state index < -0.39 is 0 Å². The molecule has 0 aliphatic rings. The number of hydrogen-bond acceptors (Lipinski definition) is 0. The molecule has 0 saturated heterocycles. The van der Waals surface area contributed by atoms with Gasteiger partial charge < -0.3 is 0 Å². The fourth-order valence-electron chi connectivity index (χ4n) is 1.29. The predicted molar refractivity (Wildman–Crippen MR) is 90.3 cm³/mol. The van der Waals surface area contributed by atoms with E-state index in [1.807, 2.05) is 12.1 Å². The van der Waals surface area contributed by atoms with Crippen LogP contribution in [0.15, 0.2) is 57.5 Å². The molecule has 2 rings (SSSR count). The van der Waals surface area contributed by atoms with E-state index >= 15 is 0 Å². The maximum atomic E-state index is 3.37. The summed E-state index contributed by atoms with van der Waals surface area (Å²) in [6, 6.07) is 16.6. The number of alkyl halides is 1. The number of halogens is 3. The van der Waals surface area contributed by atoms with Gasteiger partial charge in [-0.05, 0) is 41.8 Å². The summed E-state index contributed by atoms with van der Waals surface area (Å²) in [5, 5.41) is 0.931. The molecular formula is C15H15Br3. The quantitative estimate of drug-likeness (QED) is 0.483. The Labute approximate surface area is 134 Å². The Morgan fingerprint density at radius 1 is 0.722 bits per heavy atom. The molecule has 0 radical (unpaired) electrons. The molecule has 2 aromatic carbocycles. The van der Waals surface area contributed by atoms with Crippen LogP contribution in [0.1, 0.15) is 18.1 Å². The molecule has 2 aromatic rings. The van der Waals surface area contributed by atoms with E-state index in [-0.39, 0.29) is 0 Å². The monoisotopic (exact) mass is 432 g/mol. The molecule has 18 heavy (non-hydrogen) atoms. The van der Waals surface area contributed by atoms with Gasteiger partial charge in [-0.25, -0.2) is 0 Å². The molecule has 0 unspecified atom stereocenters. The Balaban J connectivity index is 0.000000180. The van der Waals surface area contributed by atoms with Crippen LogP contribution in [-0.2, 0) is 11.8 Å². The largest absolute Gasteiger partial charge is 0.0876 e. The van der Waals surface area contributed by atoms with Crippen molar-refractivity contribution in [2.75, 3.05) is 0 Å². The minimum absolute atomic E-state index is 0.931. The first kappa shape index (κ1) is 15.9. The molecule has 0 nitrogen and oxygen atoms in total. The van der Waals surface area contributed by atoms with Gasteiger partial charge in [0.2, 0.25) is 0 Å². The van der Waals surface area contributed by atoms with Crippen molar-refractivity contribution in [3.05, 3.63) is 68.6 Å². The summed E-state index contributed by atoms with van der Waals surface area (Å²) >= 11 is 10.1. The van der Waals surface area contributed by atoms with Gasteiger partial charge in [0.25, 0.3) is 0 Å². The van der Waals surface area contributed by atoms with Crippen LogP contribution in [0.2, 0.25) is 0 Å². The summed E-state index contributed by atoms with van der Waals surface area (Å²) < 4.78 is 2.28. The topological polar surface area (TPSA) is 0 Å². The molecule has 0 spiro atoms. The van der Waals surface area contributed by atoms with Crippen LogP contribution < -0.4 is 0 Å². The first-order valence-corrected chi connectivity index (χ1v) is 8.41. The van der Waals surface area contributed by atoms with Crippen molar-refractivity contribution in [2.45, 2.75) is 18.7 Å². The molecule has 0 atom stereocenters. The lowest BCUT2D eigenvalue weighted by Gasteiger charge is -1.93. The second-order valence-electron chi connectivity index (χ2n) is 3.74. The highest BCUT2D eigenvalue weighted by Gasteiger charge is 1.87. The van der Waals surface area contributed by atoms with Gasteiger partial charge in [-0.3, -0.25) is 0 Å². The molecular weight excluding hydrogens is 420 g/mol. The maximum Gasteiger partial charge on any atom is 0.0283 e. The maximum absolute atomic E-state index is 3.37. The third-order valence-corrected chi connectivity index (χ3v) is 4.09. The fourth-order valence-corrected chi connectivity index (χ4v) is 2.20. The Morgan fingerprint density at radius 2 is 1.11 bits per heavy atom. The second kappa shape index (κ2) is 8.89. The van der Waals surface area contributed by atoms with E-state index in [1.54, 1.807) is 0 Å². The minimum atomic E-state index is 0.931. The van der Waals surface area contributed by atoms with E-state index in [9.17, 15) is 0 Å². The number of benzene rings is 2. The summed E-state index contributed by atoms with van der Waals surface area (Å²) in [4.78, 5) is 0. The molecule has 0 amide bonds. The summed E-state index contributed by atoms with van der Waals surface area (Å²) in [5.41, 5.74) is 2.69. The van der Waals surface area contributed by atoms with Crippen molar-refractivity contribution < 1.29 is 0 Å². The molecule has 0 heterocycles. The minimum Gasteiger partial charge on any atom is -0.0876 e. The lowest BCUT2D eigenvalue weighted by molar-refractivity contribution is 1.14. The summed E-state index contributed by atoms with van der Waals surface area (Å²) in [6.07, 6.45) is 1.12. The third kappa shape index (κ3) is 6.17. The Morgan fingerprint density at radius 3 is 1.44 bits per heavy atom. The van der Waals surface area contributed by atoms with E-state index in [0.717, 1.165) is 20.7 Å². The van der Waals surface area contributed by atoms with Gasteiger partial charge in [-0.2, -0.15) is 0 Å². The Bertz CT molecular complexity index is 401. The molecule has 0 aliphatic heterocycles. The van der Waals surface area contributed by atoms with Crippen LogP contribution in [0, 0.1) is 0 Å². The molecule has 96 valence electrons. The van der Waals surface area contributed by atoms with Gasteiger partial charge in [0.1, 0.15) is 0 Å². The first-order valence-electron chi connectivity index (χ1n) is 5.70. The van der Waals surface area contributed by atoms with Gasteiger partial charge in [0.05, 0.1) is 0 Å². The van der Waals surface area contributed by atoms with Gasteiger partial charge in [-0.15, -0.1) is 0 Å². The van der Waals surface area contributed by atoms with Crippen LogP contribution in [0.3, 0.4) is 0 Å². The van der Waals surface area contributed by atoms with Crippen molar-refractivity contribution in [1.82, 2.24) is 0 Å². The van der Waals surface area contributed by atoms with E-state index in [1.165, 1.54) is 11.1 Å². The Kier molecular flexibility index (Phi) is 7.87. The fraction of sp³-hybridized carbons (Fsp3) is 0.200. The van der Waals surface area contributed by atoms with Crippen LogP contribution in [0.5, 0.6) is 0 Å². The van der Waals surface area contributed by atoms with Gasteiger partial charge in [0, 0.05) is 14.3 Å². The molecule has 0 saturated carbocycles. The number of aryl methyl sites for hydroxylation is 1. The predicted octanol–water partition coefficient (Wildman–Crippen LogP) is 6.36. The summed E-state index contributed by atoms with van der Waals surface area (Å²) in [7, 11) is 0. The van der Waals surface area contributed by atoms with Crippen LogP contribution in [0.25, 0.3) is 0 Å². The first-order chi connectivity index (χ1) is 8.65. The average molecular weight is 435 g/mol. The van der Waals surface area contributed by atoms with Crippen molar-refractivity contribution in [1.29, 1.82) is 0 Å². The van der Waals surface area contributed by atoms with Crippen LogP contribution in [-0.4, -0.2) is 0 Å². The standard InChI is InChI=1S/C8H9Br.C7H6Br2/c1-2-7-3-5-8(9)6-4-7;8-5-6-1-3-7(9)4-2-6/h3-6H,2H2,1H3;1-4H,5H2. The van der Waals surface area contributed by atoms with Crippen LogP contribution >= 0.6 is 47.8 Å². The van der Waals surface area contributed by atoms with Crippen molar-refractivity contribution in [3.8, 4) is 0 Å². The van der Waals surface area contributed by atoms with Crippen LogP contribution in [0.4, 0.5) is 0 Å². The van der Waals surface area contributed by atoms with Gasteiger partial charge in [-0.1, -0.05) is 79.0 Å². The average Bonchev–Trinajstić information content (AvgIpc) is 2.41. The smallest absolute Gasteiger partial charge is 0.0283 e. The Hall–Kier alpha value is -0.120. The molecule has 0 aromatic heterocycles. The highest BCUT2D eigenvalue weighted by atomic mass is 79.9. The highest BCUT2D eigenvalue weighted by molar-refractivity contribution is 9.10. The van der Waals surface area contributed by atoms with Crippen molar-refractivity contribution in [2.24, 2.45) is 0 Å². The lowest BCUT2D eigenvalue weighted by Crippen LogP contribution is -1.75. The van der Waals surface area contributed by atoms with E-state index in [4.69, 9.17) is 0 Å². The van der Waals surface area contributed by atoms with Crippen molar-refractivity contribution >= 4 is 47.8 Å². The lowest BCUT2D eigenvalue weighted by atomic mass is 10.2. The van der Waals surface area contributed by atoms with E-state index in [0.29, 0.717) is 0 Å². The zero-order valence-electron chi connectivity index (χ0n) is 10.2. The molecule has 0 bridgehead atoms. The van der Waals surface area contributed by atoms with E-state index in [2.05, 4.69) is 91.1 Å².